The van der Waals surface area contributed by atoms with Crippen molar-refractivity contribution in [1.82, 2.24) is 9.80 Å². The molecule has 0 spiro atoms. The molecule has 4 aliphatic rings. The molecule has 1 saturated carbocycles. The smallest absolute Gasteiger partial charge is 0.255 e. The van der Waals surface area contributed by atoms with Gasteiger partial charge in [-0.05, 0) is 45.8 Å². The molecule has 0 saturated heterocycles. The minimum atomic E-state index is -2.80. The molecule has 7 N–H and O–H groups in total. The van der Waals surface area contributed by atoms with Gasteiger partial charge in [0.05, 0.1) is 23.3 Å². The van der Waals surface area contributed by atoms with E-state index in [4.69, 9.17) is 5.73 Å². The molecule has 1 heterocycles. The Bertz CT molecular complexity index is 1500. The van der Waals surface area contributed by atoms with Crippen molar-refractivity contribution in [2.24, 2.45) is 23.5 Å². The van der Waals surface area contributed by atoms with Crippen molar-refractivity contribution < 1.29 is 44.0 Å². The first-order valence-corrected chi connectivity index (χ1v) is 13.3. The van der Waals surface area contributed by atoms with Crippen LogP contribution in [0.5, 0.6) is 5.75 Å². The number of nitrogens with two attached hydrogens (primary N) is 1. The van der Waals surface area contributed by atoms with E-state index >= 15 is 4.39 Å². The predicted molar refractivity (Wildman–Crippen MR) is 143 cm³/mol. The summed E-state index contributed by atoms with van der Waals surface area (Å²) in [7, 11) is 4.65. The van der Waals surface area contributed by atoms with Crippen molar-refractivity contribution in [3.8, 4) is 5.75 Å². The van der Waals surface area contributed by atoms with Crippen LogP contribution in [0.15, 0.2) is 16.9 Å². The summed E-state index contributed by atoms with van der Waals surface area (Å²) < 4.78 is 16.2. The van der Waals surface area contributed by atoms with Crippen LogP contribution in [0.25, 0.3) is 5.76 Å². The Kier molecular flexibility index (Phi) is 6.56. The summed E-state index contributed by atoms with van der Waals surface area (Å²) in [4.78, 5) is 55.3. The number of aliphatic hydroxyl groups excluding tert-OH is 2. The van der Waals surface area contributed by atoms with E-state index in [9.17, 15) is 39.6 Å². The first-order valence-electron chi connectivity index (χ1n) is 13.3. The number of nitrogens with zero attached hydrogens (tertiary/aromatic N) is 2. The molecular formula is C28H33FN4O8. The largest absolute Gasteiger partial charge is 0.508 e. The molecule has 3 aliphatic carbocycles. The van der Waals surface area contributed by atoms with Crippen molar-refractivity contribution >= 4 is 34.8 Å². The summed E-state index contributed by atoms with van der Waals surface area (Å²) in [6.45, 7) is 3.63. The second-order valence-electron chi connectivity index (χ2n) is 11.9. The number of rotatable bonds is 3. The van der Waals surface area contributed by atoms with Crippen LogP contribution in [0, 0.1) is 23.6 Å². The number of fused-ring (bicyclic) bond motifs is 4. The van der Waals surface area contributed by atoms with Gasteiger partial charge >= 0.3 is 0 Å². The number of phenolic OH excluding ortho intramolecular Hbond substituents is 1. The van der Waals surface area contributed by atoms with Gasteiger partial charge in [0.2, 0.25) is 11.7 Å². The number of aliphatic hydroxyl groups is 3. The number of carbonyl (C=O) groups is 4. The number of aromatic hydroxyl groups is 1. The van der Waals surface area contributed by atoms with E-state index in [2.05, 4.69) is 5.32 Å². The van der Waals surface area contributed by atoms with E-state index in [1.165, 1.54) is 19.0 Å². The molecule has 5 rings (SSSR count). The van der Waals surface area contributed by atoms with E-state index < -0.39 is 92.7 Å². The van der Waals surface area contributed by atoms with Crippen molar-refractivity contribution in [3.63, 3.8) is 0 Å². The topological polar surface area (TPSA) is 194 Å². The third kappa shape index (κ3) is 3.75. The summed E-state index contributed by atoms with van der Waals surface area (Å²) in [6.07, 6.45) is -0.346. The fourth-order valence-electron chi connectivity index (χ4n) is 7.23. The Morgan fingerprint density at radius 2 is 1.80 bits per heavy atom. The monoisotopic (exact) mass is 572 g/mol. The highest BCUT2D eigenvalue weighted by Gasteiger charge is 2.64. The van der Waals surface area contributed by atoms with Crippen LogP contribution >= 0.6 is 0 Å². The minimum Gasteiger partial charge on any atom is -0.508 e. The third-order valence-corrected chi connectivity index (χ3v) is 8.95. The zero-order valence-electron chi connectivity index (χ0n) is 23.3. The van der Waals surface area contributed by atoms with Crippen LogP contribution in [0.4, 0.5) is 10.1 Å². The minimum absolute atomic E-state index is 0.0147. The van der Waals surface area contributed by atoms with E-state index in [-0.39, 0.29) is 42.1 Å². The molecule has 220 valence electrons. The zero-order chi connectivity index (χ0) is 30.5. The second-order valence-corrected chi connectivity index (χ2v) is 11.9. The lowest BCUT2D eigenvalue weighted by Gasteiger charge is -2.50. The molecule has 13 heteroatoms. The lowest BCUT2D eigenvalue weighted by Crippen LogP contribution is -2.65. The number of ketones is 2. The van der Waals surface area contributed by atoms with Crippen molar-refractivity contribution in [1.29, 1.82) is 0 Å². The fourth-order valence-corrected chi connectivity index (χ4v) is 7.23. The molecule has 41 heavy (non-hydrogen) atoms. The molecule has 0 aromatic heterocycles. The van der Waals surface area contributed by atoms with Gasteiger partial charge in [-0.2, -0.15) is 0 Å². The maximum Gasteiger partial charge on any atom is 0.255 e. The predicted octanol–water partition coefficient (Wildman–Crippen LogP) is 0.512. The van der Waals surface area contributed by atoms with Crippen LogP contribution in [-0.4, -0.2) is 92.4 Å². The summed E-state index contributed by atoms with van der Waals surface area (Å²) in [5, 5.41) is 47.9. The van der Waals surface area contributed by atoms with Crippen LogP contribution < -0.4 is 11.1 Å². The average Bonchev–Trinajstić information content (AvgIpc) is 2.99. The Labute approximate surface area is 234 Å². The molecule has 1 aromatic carbocycles. The average molecular weight is 573 g/mol. The number of carbonyl (C=O) groups excluding carboxylic acids is 4. The van der Waals surface area contributed by atoms with Crippen LogP contribution in [0.1, 0.15) is 37.0 Å². The van der Waals surface area contributed by atoms with Gasteiger partial charge < -0.3 is 31.5 Å². The quantitative estimate of drug-likeness (QED) is 0.220. The first-order chi connectivity index (χ1) is 19.0. The normalized spacial score (nSPS) is 30.1. The molecule has 0 radical (unpaired) electrons. The number of primary amides is 1. The van der Waals surface area contributed by atoms with E-state index in [0.29, 0.717) is 0 Å². The van der Waals surface area contributed by atoms with Gasteiger partial charge in [0.1, 0.15) is 22.9 Å². The summed E-state index contributed by atoms with van der Waals surface area (Å²) >= 11 is 0. The molecule has 1 fully saturated rings. The number of likely N-dealkylation sites (N-methyl/N-ethyl adjacent to an activating group) is 2. The summed E-state index contributed by atoms with van der Waals surface area (Å²) in [5.41, 5.74) is 0.493. The number of hydrogen-bond donors (Lipinski definition) is 6. The highest BCUT2D eigenvalue weighted by Crippen LogP contribution is 2.54. The lowest BCUT2D eigenvalue weighted by atomic mass is 9.57. The number of Topliss-reactive ketones (excluding diaryl/α,β-unsaturated/α-hetero) is 2. The number of phenols is 1. The number of hydrogen-bond acceptors (Lipinski definition) is 10. The van der Waals surface area contributed by atoms with Gasteiger partial charge in [-0.1, -0.05) is 13.8 Å². The van der Waals surface area contributed by atoms with Gasteiger partial charge in [-0.3, -0.25) is 29.0 Å². The van der Waals surface area contributed by atoms with E-state index in [1.807, 2.05) is 13.8 Å². The molecule has 0 unspecified atom stereocenters. The van der Waals surface area contributed by atoms with Crippen molar-refractivity contribution in [3.05, 3.63) is 39.4 Å². The van der Waals surface area contributed by atoms with Crippen molar-refractivity contribution in [2.75, 3.05) is 26.5 Å². The maximum absolute atomic E-state index is 16.2. The molecule has 0 bridgehead atoms. The number of anilines is 1. The highest BCUT2D eigenvalue weighted by atomic mass is 19.1. The first kappa shape index (κ1) is 28.7. The van der Waals surface area contributed by atoms with E-state index in [1.54, 1.807) is 11.9 Å². The molecule has 2 amide bonds. The van der Waals surface area contributed by atoms with E-state index in [0.717, 1.165) is 0 Å². The van der Waals surface area contributed by atoms with Gasteiger partial charge in [-0.25, -0.2) is 4.39 Å². The lowest BCUT2D eigenvalue weighted by molar-refractivity contribution is -0.153. The van der Waals surface area contributed by atoms with Crippen LogP contribution in [0.2, 0.25) is 0 Å². The molecule has 5 atom stereocenters. The van der Waals surface area contributed by atoms with Crippen LogP contribution in [0.3, 0.4) is 0 Å². The SMILES string of the molecule is CC(C)[C@H]1C(=O)Nc2c(O)c3c(c(F)c2CN1C)C[C@H]1C[C@H]2[C@H](N(C)C)C(=O)C(C(N)=O)=C(O)[C@@]2(O)C(=O)C1=C3O. The Hall–Kier alpha value is -3.81. The summed E-state index contributed by atoms with van der Waals surface area (Å²) in [5.74, 6) is -9.67. The number of halogens is 1. The maximum atomic E-state index is 16.2. The highest BCUT2D eigenvalue weighted by molar-refractivity contribution is 6.24. The number of benzene rings is 1. The molecule has 12 nitrogen and oxygen atoms in total. The second kappa shape index (κ2) is 9.36. The zero-order valence-corrected chi connectivity index (χ0v) is 23.3. The van der Waals surface area contributed by atoms with Gasteiger partial charge in [-0.15, -0.1) is 0 Å². The third-order valence-electron chi connectivity index (χ3n) is 8.95. The van der Waals surface area contributed by atoms with Crippen molar-refractivity contribution in [2.45, 2.75) is 50.9 Å². The molecule has 1 aliphatic heterocycles. The fraction of sp³-hybridized carbons (Fsp3) is 0.500. The Balaban J connectivity index is 1.72. The Morgan fingerprint density at radius 1 is 1.17 bits per heavy atom. The molecular weight excluding hydrogens is 539 g/mol. The molecule has 1 aromatic rings. The Morgan fingerprint density at radius 3 is 2.37 bits per heavy atom. The van der Waals surface area contributed by atoms with Gasteiger partial charge in [0.25, 0.3) is 5.91 Å². The van der Waals surface area contributed by atoms with Crippen LogP contribution in [-0.2, 0) is 32.1 Å². The van der Waals surface area contributed by atoms with Gasteiger partial charge in [0, 0.05) is 29.2 Å². The van der Waals surface area contributed by atoms with Gasteiger partial charge in [0.15, 0.2) is 17.1 Å². The standard InChI is InChI=1S/C28H33FN4O8/c1-9(2)19-27(40)31-18-12(8-33(19)5)17(29)11-6-10-7-13-20(32(3)4)23(36)16(26(30)39)25(38)28(13,41)24(37)14(10)21(34)15(11)22(18)35/h9-10,13,19-20,34-35,38,41H,6-8H2,1-5H3,(H2,30,39)(H,31,40)/t10-,13-,19-,20-,28-/m0/s1. The number of nitrogens with one attached hydrogen (secondary N) is 1. The summed E-state index contributed by atoms with van der Waals surface area (Å²) in [6, 6.07) is -1.88. The number of amides is 2.